The number of aliphatic hydroxyl groups is 1. The highest BCUT2D eigenvalue weighted by Gasteiger charge is 2.29. The van der Waals surface area contributed by atoms with Gasteiger partial charge in [-0.05, 0) is 46.7 Å². The molecule has 0 fully saturated rings. The lowest BCUT2D eigenvalue weighted by Gasteiger charge is -2.22. The predicted molar refractivity (Wildman–Crippen MR) is 131 cm³/mol. The lowest BCUT2D eigenvalue weighted by molar-refractivity contribution is 0.170. The van der Waals surface area contributed by atoms with Gasteiger partial charge in [-0.2, -0.15) is 0 Å². The fourth-order valence-electron chi connectivity index (χ4n) is 4.81. The van der Waals surface area contributed by atoms with E-state index in [1.54, 1.807) is 6.07 Å². The lowest BCUT2D eigenvalue weighted by Crippen LogP contribution is -2.35. The van der Waals surface area contributed by atoms with Crippen LogP contribution in [0.3, 0.4) is 0 Å². The van der Waals surface area contributed by atoms with Crippen LogP contribution in [-0.2, 0) is 13.0 Å². The molecule has 0 saturated heterocycles. The minimum atomic E-state index is -0.711. The topological polar surface area (TPSA) is 74.3 Å². The van der Waals surface area contributed by atoms with Crippen LogP contribution in [0.1, 0.15) is 41.2 Å². The van der Waals surface area contributed by atoms with Gasteiger partial charge < -0.3 is 20.1 Å². The summed E-state index contributed by atoms with van der Waals surface area (Å²) in [5, 5.41) is 15.4. The minimum absolute atomic E-state index is 0.200. The minimum Gasteiger partial charge on any atom is -0.487 e. The molecule has 5 nitrogen and oxygen atoms in total. The van der Waals surface area contributed by atoms with E-state index in [1.807, 2.05) is 42.5 Å². The maximum Gasteiger partial charge on any atom is 0.248 e. The number of aromatic amines is 1. The molecule has 0 aliphatic heterocycles. The average molecular weight is 441 g/mol. The Morgan fingerprint density at radius 2 is 1.82 bits per heavy atom. The van der Waals surface area contributed by atoms with E-state index >= 15 is 0 Å². The molecule has 168 valence electrons. The highest BCUT2D eigenvalue weighted by Crippen LogP contribution is 2.34. The second-order valence-electron chi connectivity index (χ2n) is 8.76. The molecule has 1 heterocycles. The molecule has 0 amide bonds. The van der Waals surface area contributed by atoms with Gasteiger partial charge in [-0.3, -0.25) is 4.79 Å². The molecule has 0 bridgehead atoms. The van der Waals surface area contributed by atoms with Gasteiger partial charge in [-0.15, -0.1) is 0 Å². The molecule has 3 aromatic carbocycles. The summed E-state index contributed by atoms with van der Waals surface area (Å²) in [6.07, 6.45) is 0.252. The van der Waals surface area contributed by atoms with Gasteiger partial charge in [0.15, 0.2) is 0 Å². The van der Waals surface area contributed by atoms with Crippen LogP contribution in [-0.4, -0.2) is 22.7 Å². The van der Waals surface area contributed by atoms with Crippen molar-refractivity contribution in [1.29, 1.82) is 0 Å². The first kappa shape index (κ1) is 21.4. The fraction of sp³-hybridized carbons (Fsp3) is 0.250. The van der Waals surface area contributed by atoms with E-state index in [0.717, 1.165) is 22.9 Å². The number of hydrogen-bond acceptors (Lipinski definition) is 4. The van der Waals surface area contributed by atoms with E-state index in [2.05, 4.69) is 41.5 Å². The zero-order valence-electron chi connectivity index (χ0n) is 18.6. The first-order chi connectivity index (χ1) is 16.1. The van der Waals surface area contributed by atoms with E-state index in [4.69, 9.17) is 4.74 Å². The number of nitrogens with one attached hydrogen (secondary N) is 2. The third kappa shape index (κ3) is 4.42. The Labute approximate surface area is 193 Å². The Kier molecular flexibility index (Phi) is 5.99. The first-order valence-electron chi connectivity index (χ1n) is 11.4. The predicted octanol–water partition coefficient (Wildman–Crippen LogP) is 4.46. The Morgan fingerprint density at radius 3 is 2.64 bits per heavy atom. The van der Waals surface area contributed by atoms with Crippen molar-refractivity contribution in [3.63, 3.8) is 0 Å². The van der Waals surface area contributed by atoms with Crippen molar-refractivity contribution < 1.29 is 9.84 Å². The highest BCUT2D eigenvalue weighted by atomic mass is 16.5. The maximum atomic E-state index is 12.0. The standard InChI is InChI=1S/C28H28N2O3/c1-18-21-10-6-5-9-20(21)15-24(18)29-16-25(31)22-11-13-26(28-23(22)12-14-27(32)30-28)33-17-19-7-3-2-4-8-19/h2-14,18,24-25,29,31H,15-17H2,1H3,(H,30,32)/t18-,24+,25+/m1/s1. The number of aliphatic hydroxyl groups excluding tert-OH is 1. The van der Waals surface area contributed by atoms with Gasteiger partial charge in [-0.25, -0.2) is 0 Å². The third-order valence-corrected chi connectivity index (χ3v) is 6.65. The van der Waals surface area contributed by atoms with Crippen molar-refractivity contribution in [3.05, 3.63) is 111 Å². The molecule has 4 aromatic rings. The van der Waals surface area contributed by atoms with Gasteiger partial charge in [0.2, 0.25) is 5.56 Å². The monoisotopic (exact) mass is 440 g/mol. The van der Waals surface area contributed by atoms with Crippen LogP contribution < -0.4 is 15.6 Å². The Hall–Kier alpha value is -3.41. The summed E-state index contributed by atoms with van der Waals surface area (Å²) >= 11 is 0. The van der Waals surface area contributed by atoms with Crippen molar-refractivity contribution in [2.24, 2.45) is 0 Å². The van der Waals surface area contributed by atoms with Crippen molar-refractivity contribution in [2.75, 3.05) is 6.54 Å². The summed E-state index contributed by atoms with van der Waals surface area (Å²) in [5.74, 6) is 0.991. The summed E-state index contributed by atoms with van der Waals surface area (Å²) < 4.78 is 6.02. The number of aromatic nitrogens is 1. The Bertz CT molecular complexity index is 1320. The second kappa shape index (κ2) is 9.22. The number of H-pyrrole nitrogens is 1. The van der Waals surface area contributed by atoms with Crippen molar-refractivity contribution in [3.8, 4) is 5.75 Å². The summed E-state index contributed by atoms with van der Waals surface area (Å²) in [4.78, 5) is 14.9. The summed E-state index contributed by atoms with van der Waals surface area (Å²) in [5.41, 5.74) is 4.98. The van der Waals surface area contributed by atoms with Crippen molar-refractivity contribution >= 4 is 10.9 Å². The molecule has 5 heteroatoms. The van der Waals surface area contributed by atoms with Crippen LogP contribution in [0, 0.1) is 0 Å². The molecule has 0 unspecified atom stereocenters. The summed E-state index contributed by atoms with van der Waals surface area (Å²) in [6.45, 7) is 3.06. The number of benzene rings is 3. The van der Waals surface area contributed by atoms with E-state index in [0.29, 0.717) is 30.3 Å². The largest absolute Gasteiger partial charge is 0.487 e. The third-order valence-electron chi connectivity index (χ3n) is 6.65. The molecule has 3 atom stereocenters. The van der Waals surface area contributed by atoms with E-state index < -0.39 is 6.10 Å². The molecule has 5 rings (SSSR count). The molecule has 1 aliphatic rings. The van der Waals surface area contributed by atoms with Gasteiger partial charge in [0.25, 0.3) is 0 Å². The molecule has 3 N–H and O–H groups in total. The van der Waals surface area contributed by atoms with Crippen LogP contribution >= 0.6 is 0 Å². The van der Waals surface area contributed by atoms with Crippen molar-refractivity contribution in [2.45, 2.75) is 38.0 Å². The number of ether oxygens (including phenoxy) is 1. The van der Waals surface area contributed by atoms with Gasteiger partial charge in [-0.1, -0.05) is 67.6 Å². The molecule has 0 spiro atoms. The zero-order valence-corrected chi connectivity index (χ0v) is 18.6. The van der Waals surface area contributed by atoms with Crippen LogP contribution in [0.25, 0.3) is 10.9 Å². The number of hydrogen-bond donors (Lipinski definition) is 3. The van der Waals surface area contributed by atoms with Crippen LogP contribution in [0.4, 0.5) is 0 Å². The van der Waals surface area contributed by atoms with E-state index in [-0.39, 0.29) is 11.6 Å². The van der Waals surface area contributed by atoms with Crippen LogP contribution in [0.2, 0.25) is 0 Å². The molecular formula is C28H28N2O3. The molecule has 0 saturated carbocycles. The lowest BCUT2D eigenvalue weighted by atomic mass is 9.99. The highest BCUT2D eigenvalue weighted by molar-refractivity contribution is 5.87. The quantitative estimate of drug-likeness (QED) is 0.397. The van der Waals surface area contributed by atoms with E-state index in [9.17, 15) is 9.90 Å². The zero-order chi connectivity index (χ0) is 22.8. The van der Waals surface area contributed by atoms with E-state index in [1.165, 1.54) is 17.2 Å². The molecule has 0 radical (unpaired) electrons. The maximum absolute atomic E-state index is 12.0. The number of pyridine rings is 1. The molecular weight excluding hydrogens is 412 g/mol. The number of fused-ring (bicyclic) bond motifs is 2. The van der Waals surface area contributed by atoms with Crippen LogP contribution in [0.5, 0.6) is 5.75 Å². The van der Waals surface area contributed by atoms with Gasteiger partial charge in [0.1, 0.15) is 12.4 Å². The summed E-state index contributed by atoms with van der Waals surface area (Å²) in [6, 6.07) is 25.7. The molecule has 33 heavy (non-hydrogen) atoms. The van der Waals surface area contributed by atoms with Gasteiger partial charge in [0.05, 0.1) is 11.6 Å². The van der Waals surface area contributed by atoms with Gasteiger partial charge in [0, 0.05) is 24.0 Å². The Morgan fingerprint density at radius 1 is 1.03 bits per heavy atom. The molecule has 1 aromatic heterocycles. The van der Waals surface area contributed by atoms with Crippen LogP contribution in [0.15, 0.2) is 83.7 Å². The van der Waals surface area contributed by atoms with Gasteiger partial charge >= 0.3 is 0 Å². The van der Waals surface area contributed by atoms with Crippen molar-refractivity contribution in [1.82, 2.24) is 10.3 Å². The first-order valence-corrected chi connectivity index (χ1v) is 11.4. The second-order valence-corrected chi connectivity index (χ2v) is 8.76. The smallest absolute Gasteiger partial charge is 0.248 e. The fourth-order valence-corrected chi connectivity index (χ4v) is 4.81. The molecule has 1 aliphatic carbocycles. The SMILES string of the molecule is C[C@@H]1c2ccccc2C[C@@H]1NC[C@H](O)c1ccc(OCc2ccccc2)c2[nH]c(=O)ccc12. The average Bonchev–Trinajstić information content (AvgIpc) is 3.17. The number of rotatable bonds is 7. The summed E-state index contributed by atoms with van der Waals surface area (Å²) in [7, 11) is 0. The normalized spacial score (nSPS) is 18.2. The Balaban J connectivity index is 1.34.